The van der Waals surface area contributed by atoms with Gasteiger partial charge < -0.3 is 42.5 Å². The highest BCUT2D eigenvalue weighted by Crippen LogP contribution is 2.36. The summed E-state index contributed by atoms with van der Waals surface area (Å²) in [6.07, 6.45) is 49.7. The van der Waals surface area contributed by atoms with Crippen LogP contribution in [0.1, 0.15) is 257 Å². The Kier molecular flexibility index (Phi) is 20.4. The third-order valence-corrected chi connectivity index (χ3v) is 17.5. The highest BCUT2D eigenvalue weighted by atomic mass is 15.3. The first-order valence-corrected chi connectivity index (χ1v) is 30.3. The standard InChI is InChI=1S/C58H98N12/c1-9-25-43(26-10-1)59-55(60-44-27-11-2-12-28-44)67-51-41-53(69-57(63-47-33-17-5-18-34-47)64-48-35-19-6-20-36-48)54(70-58(65-49-37-21-7-22-38-49)66-50-39-23-8-24-40-50)42-52(51)68-56(61-45-29-13-3-14-30-45)62-46-31-15-4-16-32-46/h41-50H,1-40H2,(H2,59,60,67)(H2,61,62,68)(H2,63,64,69)(H2,65,66,70). The maximum absolute atomic E-state index is 5.60. The molecule has 12 nitrogen and oxygen atoms in total. The normalized spacial score (nSPS) is 25.0. The van der Waals surface area contributed by atoms with E-state index in [4.69, 9.17) is 20.0 Å². The second kappa shape index (κ2) is 27.9. The average molecular weight is 964 g/mol. The van der Waals surface area contributed by atoms with Crippen molar-refractivity contribution in [2.75, 3.05) is 21.3 Å². The van der Waals surface area contributed by atoms with Crippen molar-refractivity contribution in [3.05, 3.63) is 12.1 Å². The average Bonchev–Trinajstić information content (AvgIpc) is 3.40. The van der Waals surface area contributed by atoms with Gasteiger partial charge in [0.2, 0.25) is 0 Å². The summed E-state index contributed by atoms with van der Waals surface area (Å²) in [6.45, 7) is 0. The second-order valence-electron chi connectivity index (χ2n) is 23.4. The lowest BCUT2D eigenvalue weighted by atomic mass is 9.95. The smallest absolute Gasteiger partial charge is 0.196 e. The summed E-state index contributed by atoms with van der Waals surface area (Å²) in [5.41, 5.74) is 4.03. The Labute approximate surface area is 424 Å². The molecule has 1 aromatic rings. The van der Waals surface area contributed by atoms with Gasteiger partial charge in [-0.2, -0.15) is 0 Å². The second-order valence-corrected chi connectivity index (χ2v) is 23.4. The van der Waals surface area contributed by atoms with Crippen LogP contribution in [0.25, 0.3) is 0 Å². The summed E-state index contributed by atoms with van der Waals surface area (Å²) in [4.78, 5) is 22.4. The van der Waals surface area contributed by atoms with Gasteiger partial charge in [0.05, 0.1) is 46.9 Å². The number of nitrogens with one attached hydrogen (secondary N) is 8. The Morgan fingerprint density at radius 3 is 0.600 bits per heavy atom. The molecule has 8 fully saturated rings. The monoisotopic (exact) mass is 963 g/mol. The molecule has 0 unspecified atom stereocenters. The van der Waals surface area contributed by atoms with Gasteiger partial charge in [-0.3, -0.25) is 0 Å². The van der Waals surface area contributed by atoms with Crippen LogP contribution in [-0.2, 0) is 0 Å². The summed E-state index contributed by atoms with van der Waals surface area (Å²) in [5, 5.41) is 32.4. The van der Waals surface area contributed by atoms with Crippen molar-refractivity contribution in [3.63, 3.8) is 0 Å². The Bertz CT molecular complexity index is 1550. The summed E-state index contributed by atoms with van der Waals surface area (Å²) in [5.74, 6) is 3.70. The number of hydrogen-bond acceptors (Lipinski definition) is 4. The van der Waals surface area contributed by atoms with Crippen LogP contribution in [0.5, 0.6) is 0 Å². The van der Waals surface area contributed by atoms with Crippen molar-refractivity contribution in [2.45, 2.75) is 305 Å². The van der Waals surface area contributed by atoms with Gasteiger partial charge in [-0.15, -0.1) is 0 Å². The molecule has 8 aliphatic carbocycles. The minimum atomic E-state index is 0.331. The van der Waals surface area contributed by atoms with E-state index in [0.717, 1.165) is 98.0 Å². The molecule has 390 valence electrons. The van der Waals surface area contributed by atoms with E-state index in [1.165, 1.54) is 205 Å². The van der Waals surface area contributed by atoms with E-state index in [1.807, 2.05) is 0 Å². The predicted molar refractivity (Wildman–Crippen MR) is 298 cm³/mol. The van der Waals surface area contributed by atoms with Gasteiger partial charge in [0.1, 0.15) is 0 Å². The van der Waals surface area contributed by atoms with Gasteiger partial charge in [0, 0.05) is 24.2 Å². The number of guanidine groups is 4. The zero-order chi connectivity index (χ0) is 47.4. The quantitative estimate of drug-likeness (QED) is 0.0764. The third-order valence-electron chi connectivity index (χ3n) is 17.5. The van der Waals surface area contributed by atoms with E-state index in [-0.39, 0.29) is 0 Å². The molecule has 8 saturated carbocycles. The van der Waals surface area contributed by atoms with Crippen molar-refractivity contribution < 1.29 is 0 Å². The van der Waals surface area contributed by atoms with Crippen LogP contribution in [0.2, 0.25) is 0 Å². The van der Waals surface area contributed by atoms with Gasteiger partial charge in [-0.1, -0.05) is 154 Å². The van der Waals surface area contributed by atoms with Crippen molar-refractivity contribution in [1.82, 2.24) is 21.3 Å². The topological polar surface area (TPSA) is 146 Å². The number of benzene rings is 1. The first kappa shape index (κ1) is 51.2. The summed E-state index contributed by atoms with van der Waals surface area (Å²) < 4.78 is 0. The SMILES string of the molecule is c1c(NC(=NC2CCCCC2)NC2CCCCC2)c(NC(=NC2CCCCC2)NC2CCCCC2)cc(NC(=NC2CCCCC2)NC2CCCCC2)c1NC(=NC1CCCCC1)NC1CCCCC1. The fraction of sp³-hybridized carbons (Fsp3) is 0.828. The van der Waals surface area contributed by atoms with Crippen LogP contribution in [0.15, 0.2) is 32.1 Å². The Morgan fingerprint density at radius 1 is 0.243 bits per heavy atom. The van der Waals surface area contributed by atoms with Gasteiger partial charge in [0.15, 0.2) is 23.8 Å². The molecule has 0 heterocycles. The van der Waals surface area contributed by atoms with Gasteiger partial charge in [-0.05, 0) is 115 Å². The highest BCUT2D eigenvalue weighted by Gasteiger charge is 2.26. The van der Waals surface area contributed by atoms with E-state index < -0.39 is 0 Å². The molecule has 0 amide bonds. The molecule has 8 N–H and O–H groups in total. The van der Waals surface area contributed by atoms with Crippen LogP contribution < -0.4 is 42.5 Å². The lowest BCUT2D eigenvalue weighted by Crippen LogP contribution is -2.43. The molecule has 0 aromatic heterocycles. The van der Waals surface area contributed by atoms with Gasteiger partial charge in [0.25, 0.3) is 0 Å². The Morgan fingerprint density at radius 2 is 0.414 bits per heavy atom. The van der Waals surface area contributed by atoms with E-state index in [1.54, 1.807) is 0 Å². The molecule has 0 atom stereocenters. The minimum absolute atomic E-state index is 0.331. The fourth-order valence-electron chi connectivity index (χ4n) is 13.3. The molecule has 8 aliphatic rings. The van der Waals surface area contributed by atoms with Crippen molar-refractivity contribution in [2.24, 2.45) is 20.0 Å². The summed E-state index contributed by atoms with van der Waals surface area (Å²) >= 11 is 0. The molecule has 0 aliphatic heterocycles. The number of nitrogens with zero attached hydrogens (tertiary/aromatic N) is 4. The van der Waals surface area contributed by atoms with Crippen LogP contribution >= 0.6 is 0 Å². The maximum atomic E-state index is 5.60. The molecular formula is C58H98N12. The molecule has 70 heavy (non-hydrogen) atoms. The molecule has 0 radical (unpaired) electrons. The summed E-state index contributed by atoms with van der Waals surface area (Å²) in [6, 6.07) is 7.74. The van der Waals surface area contributed by atoms with Crippen LogP contribution in [0.4, 0.5) is 22.7 Å². The molecule has 0 spiro atoms. The Hall–Kier alpha value is -3.70. The van der Waals surface area contributed by atoms with Crippen molar-refractivity contribution in [1.29, 1.82) is 0 Å². The van der Waals surface area contributed by atoms with E-state index in [9.17, 15) is 0 Å². The number of rotatable bonds is 12. The highest BCUT2D eigenvalue weighted by molar-refractivity contribution is 6.08. The number of hydrogen-bond donors (Lipinski definition) is 8. The van der Waals surface area contributed by atoms with Gasteiger partial charge >= 0.3 is 0 Å². The third kappa shape index (κ3) is 16.7. The lowest BCUT2D eigenvalue weighted by molar-refractivity contribution is 0.408. The number of aliphatic imine (C=N–C) groups is 4. The first-order valence-electron chi connectivity index (χ1n) is 30.3. The van der Waals surface area contributed by atoms with Crippen molar-refractivity contribution >= 4 is 46.6 Å². The largest absolute Gasteiger partial charge is 0.353 e. The lowest BCUT2D eigenvalue weighted by Gasteiger charge is -2.30. The molecule has 0 saturated heterocycles. The molecule has 12 heteroatoms. The van der Waals surface area contributed by atoms with Crippen LogP contribution in [0, 0.1) is 0 Å². The maximum Gasteiger partial charge on any atom is 0.196 e. The van der Waals surface area contributed by atoms with E-state index >= 15 is 0 Å². The molecular weight excluding hydrogens is 865 g/mol. The zero-order valence-corrected chi connectivity index (χ0v) is 43.8. The predicted octanol–water partition coefficient (Wildman–Crippen LogP) is 13.8. The molecule has 0 bridgehead atoms. The number of anilines is 4. The van der Waals surface area contributed by atoms with Gasteiger partial charge in [-0.25, -0.2) is 20.0 Å². The fourth-order valence-corrected chi connectivity index (χ4v) is 13.3. The summed E-state index contributed by atoms with van der Waals surface area (Å²) in [7, 11) is 0. The van der Waals surface area contributed by atoms with E-state index in [0.29, 0.717) is 48.3 Å². The minimum Gasteiger partial charge on any atom is -0.353 e. The first-order chi connectivity index (χ1) is 34.6. The molecule has 9 rings (SSSR count). The van der Waals surface area contributed by atoms with Crippen LogP contribution in [-0.4, -0.2) is 72.2 Å². The zero-order valence-electron chi connectivity index (χ0n) is 43.8. The van der Waals surface area contributed by atoms with Crippen LogP contribution in [0.3, 0.4) is 0 Å². The van der Waals surface area contributed by atoms with E-state index in [2.05, 4.69) is 54.7 Å². The van der Waals surface area contributed by atoms with Crippen molar-refractivity contribution in [3.8, 4) is 0 Å². The molecule has 1 aromatic carbocycles. The Balaban J connectivity index is 1.15.